The van der Waals surface area contributed by atoms with E-state index in [-0.39, 0.29) is 5.54 Å². The third kappa shape index (κ3) is 1.45. The first-order valence-corrected chi connectivity index (χ1v) is 5.31. The van der Waals surface area contributed by atoms with Crippen LogP contribution < -0.4 is 0 Å². The number of piperidine rings is 1. The van der Waals surface area contributed by atoms with Gasteiger partial charge in [-0.25, -0.2) is 0 Å². The summed E-state index contributed by atoms with van der Waals surface area (Å²) in [7, 11) is 12.2. The quantitative estimate of drug-likeness (QED) is 0.500. The molecule has 0 bridgehead atoms. The summed E-state index contributed by atoms with van der Waals surface area (Å²) in [5, 5.41) is -0.547. The first-order valence-electron chi connectivity index (χ1n) is 5.31. The lowest BCUT2D eigenvalue weighted by atomic mass is 9.59. The second-order valence-electron chi connectivity index (χ2n) is 5.26. The van der Waals surface area contributed by atoms with Crippen molar-refractivity contribution in [3.63, 3.8) is 0 Å². The van der Waals surface area contributed by atoms with Crippen molar-refractivity contribution in [3.05, 3.63) is 0 Å². The lowest BCUT2D eigenvalue weighted by molar-refractivity contribution is 0.0319. The number of hydrogen-bond acceptors (Lipinski definition) is 1. The van der Waals surface area contributed by atoms with Crippen molar-refractivity contribution < 1.29 is 0 Å². The van der Waals surface area contributed by atoms with Crippen molar-refractivity contribution in [1.29, 1.82) is 0 Å². The minimum atomic E-state index is -0.547. The van der Waals surface area contributed by atoms with Gasteiger partial charge in [0.25, 0.3) is 0 Å². The molecule has 2 heterocycles. The van der Waals surface area contributed by atoms with E-state index in [0.717, 1.165) is 6.42 Å². The van der Waals surface area contributed by atoms with Gasteiger partial charge in [-0.1, -0.05) is 11.8 Å². The van der Waals surface area contributed by atoms with Crippen molar-refractivity contribution in [2.45, 2.75) is 62.9 Å². The molecule has 0 aliphatic carbocycles. The van der Waals surface area contributed by atoms with E-state index in [4.69, 9.17) is 15.7 Å². The predicted molar refractivity (Wildman–Crippen MR) is 57.0 cm³/mol. The summed E-state index contributed by atoms with van der Waals surface area (Å²) >= 11 is 0. The molecule has 1 unspecified atom stereocenters. The third-order valence-corrected chi connectivity index (χ3v) is 3.67. The normalized spacial score (nSPS) is 37.2. The zero-order valence-corrected chi connectivity index (χ0v) is 8.71. The van der Waals surface area contributed by atoms with Crippen LogP contribution in [0.4, 0.5) is 0 Å². The van der Waals surface area contributed by atoms with Crippen LogP contribution in [0.15, 0.2) is 0 Å². The van der Waals surface area contributed by atoms with Crippen LogP contribution in [0.2, 0.25) is 0 Å². The Balaban J connectivity index is 2.27. The first kappa shape index (κ1) is 9.64. The van der Waals surface area contributed by atoms with E-state index in [2.05, 4.69) is 18.7 Å². The lowest BCUT2D eigenvalue weighted by Crippen LogP contribution is -2.60. The average Bonchev–Trinajstić information content (AvgIpc) is 2.27. The zero-order chi connectivity index (χ0) is 9.69. The van der Waals surface area contributed by atoms with Gasteiger partial charge in [0.1, 0.15) is 0 Å². The molecule has 2 aliphatic rings. The van der Waals surface area contributed by atoms with Crippen LogP contribution in [0.25, 0.3) is 0 Å². The summed E-state index contributed by atoms with van der Waals surface area (Å²) in [4.78, 5) is 2.35. The highest BCUT2D eigenvalue weighted by Crippen LogP contribution is 2.43. The largest absolute Gasteiger partial charge is 0.306 e. The maximum atomic E-state index is 6.11. The minimum absolute atomic E-state index is 0.197. The molecule has 1 atom stereocenters. The first-order chi connectivity index (χ1) is 5.93. The number of rotatable bonds is 0. The van der Waals surface area contributed by atoms with Gasteiger partial charge in [-0.2, -0.15) is 0 Å². The van der Waals surface area contributed by atoms with Crippen LogP contribution in [0, 0.1) is 0 Å². The van der Waals surface area contributed by atoms with E-state index in [1.165, 1.54) is 25.7 Å². The molecule has 2 rings (SSSR count). The number of nitrogens with zero attached hydrogens (tertiary/aromatic N) is 1. The van der Waals surface area contributed by atoms with Gasteiger partial charge in [0.15, 0.2) is 0 Å². The molecule has 2 saturated heterocycles. The molecule has 0 aromatic rings. The highest BCUT2D eigenvalue weighted by atomic mass is 15.3. The molecule has 0 saturated carbocycles. The summed E-state index contributed by atoms with van der Waals surface area (Å²) in [6.07, 6.45) is 5.95. The minimum Gasteiger partial charge on any atom is -0.306 e. The van der Waals surface area contributed by atoms with Crippen LogP contribution in [-0.4, -0.2) is 37.5 Å². The number of fused-ring (bicyclic) bond motifs is 1. The zero-order valence-electron chi connectivity index (χ0n) is 8.71. The molecule has 68 valence electrons. The molecular formula is C10H17B2N. The van der Waals surface area contributed by atoms with Gasteiger partial charge in [-0.15, -0.1) is 0 Å². The van der Waals surface area contributed by atoms with E-state index < -0.39 is 5.34 Å². The summed E-state index contributed by atoms with van der Waals surface area (Å²) in [5.41, 5.74) is 0.197. The topological polar surface area (TPSA) is 3.24 Å². The molecule has 0 spiro atoms. The van der Waals surface area contributed by atoms with Crippen LogP contribution in [0.1, 0.15) is 46.0 Å². The fourth-order valence-corrected chi connectivity index (χ4v) is 3.21. The van der Waals surface area contributed by atoms with Crippen molar-refractivity contribution in [2.24, 2.45) is 0 Å². The fraction of sp³-hybridized carbons (Fsp3) is 1.00. The second kappa shape index (κ2) is 2.79. The Kier molecular flexibility index (Phi) is 2.07. The number of hydrogen-bond donors (Lipinski definition) is 0. The Morgan fingerprint density at radius 1 is 1.15 bits per heavy atom. The van der Waals surface area contributed by atoms with Crippen LogP contribution >= 0.6 is 0 Å². The Bertz CT molecular complexity index is 213. The smallest absolute Gasteiger partial charge is 0.0824 e. The molecule has 13 heavy (non-hydrogen) atoms. The summed E-state index contributed by atoms with van der Waals surface area (Å²) in [6.45, 7) is 4.53. The maximum absolute atomic E-state index is 6.11. The summed E-state index contributed by atoms with van der Waals surface area (Å²) < 4.78 is 0. The lowest BCUT2D eigenvalue weighted by Gasteiger charge is -2.51. The van der Waals surface area contributed by atoms with Crippen LogP contribution in [0.5, 0.6) is 0 Å². The third-order valence-electron chi connectivity index (χ3n) is 3.67. The molecule has 1 nitrogen and oxygen atoms in total. The van der Waals surface area contributed by atoms with Gasteiger partial charge in [-0.3, -0.25) is 0 Å². The Labute approximate surface area is 84.1 Å². The predicted octanol–water partition coefficient (Wildman–Crippen LogP) is 1.40. The Morgan fingerprint density at radius 3 is 2.46 bits per heavy atom. The van der Waals surface area contributed by atoms with Crippen molar-refractivity contribution in [2.75, 3.05) is 0 Å². The molecule has 0 amide bonds. The molecule has 0 aromatic carbocycles. The SMILES string of the molecule is [B]C1([B])CCC2CCCC(C)(C)N21. The van der Waals surface area contributed by atoms with Gasteiger partial charge in [0.2, 0.25) is 0 Å². The molecule has 4 radical (unpaired) electrons. The van der Waals surface area contributed by atoms with Crippen LogP contribution in [-0.2, 0) is 0 Å². The molecule has 0 aromatic heterocycles. The molecule has 2 fully saturated rings. The monoisotopic (exact) mass is 173 g/mol. The van der Waals surface area contributed by atoms with Gasteiger partial charge in [-0.05, 0) is 39.5 Å². The van der Waals surface area contributed by atoms with E-state index >= 15 is 0 Å². The van der Waals surface area contributed by atoms with Crippen molar-refractivity contribution in [1.82, 2.24) is 4.90 Å². The van der Waals surface area contributed by atoms with Gasteiger partial charge >= 0.3 is 0 Å². The molecule has 2 aliphatic heterocycles. The van der Waals surface area contributed by atoms with E-state index in [1.54, 1.807) is 0 Å². The molecular weight excluding hydrogens is 156 g/mol. The van der Waals surface area contributed by atoms with E-state index in [9.17, 15) is 0 Å². The Morgan fingerprint density at radius 2 is 1.85 bits per heavy atom. The second-order valence-corrected chi connectivity index (χ2v) is 5.26. The highest BCUT2D eigenvalue weighted by molar-refractivity contribution is 6.40. The molecule has 0 N–H and O–H groups in total. The summed E-state index contributed by atoms with van der Waals surface area (Å²) in [5.74, 6) is 0. The standard InChI is InChI=1S/C10H17B2N/c1-9(2)6-3-4-8-5-7-10(11,12)13(8)9/h8H,3-7H2,1-2H3. The maximum Gasteiger partial charge on any atom is 0.0824 e. The van der Waals surface area contributed by atoms with E-state index in [0.29, 0.717) is 6.04 Å². The van der Waals surface area contributed by atoms with Gasteiger partial charge < -0.3 is 4.90 Å². The van der Waals surface area contributed by atoms with Gasteiger partial charge in [0.05, 0.1) is 15.7 Å². The van der Waals surface area contributed by atoms with Gasteiger partial charge in [0, 0.05) is 11.6 Å². The van der Waals surface area contributed by atoms with Crippen LogP contribution in [0.3, 0.4) is 0 Å². The Hall–Kier alpha value is 0.0899. The van der Waals surface area contributed by atoms with Crippen molar-refractivity contribution >= 4 is 15.7 Å². The summed E-state index contributed by atoms with van der Waals surface area (Å²) in [6, 6.07) is 0.638. The average molecular weight is 173 g/mol. The molecule has 3 heteroatoms. The fourth-order valence-electron chi connectivity index (χ4n) is 3.21. The van der Waals surface area contributed by atoms with Crippen molar-refractivity contribution in [3.8, 4) is 0 Å². The van der Waals surface area contributed by atoms with E-state index in [1.807, 2.05) is 0 Å². The highest BCUT2D eigenvalue weighted by Gasteiger charge is 2.47.